The summed E-state index contributed by atoms with van der Waals surface area (Å²) in [5, 5.41) is 12.3. The zero-order valence-electron chi connectivity index (χ0n) is 14.3. The lowest BCUT2D eigenvalue weighted by Crippen LogP contribution is -2.50. The summed E-state index contributed by atoms with van der Waals surface area (Å²) < 4.78 is 14.1. The van der Waals surface area contributed by atoms with Crippen LogP contribution in [0.15, 0.2) is 24.3 Å². The van der Waals surface area contributed by atoms with E-state index in [1.807, 2.05) is 13.0 Å². The third-order valence-corrected chi connectivity index (χ3v) is 5.22. The van der Waals surface area contributed by atoms with E-state index in [2.05, 4.69) is 16.3 Å². The number of halogens is 1. The van der Waals surface area contributed by atoms with Gasteiger partial charge in [-0.25, -0.2) is 4.39 Å². The van der Waals surface area contributed by atoms with Crippen molar-refractivity contribution in [3.05, 3.63) is 35.6 Å². The molecule has 1 amide bonds. The summed E-state index contributed by atoms with van der Waals surface area (Å²) in [5.41, 5.74) is -0.171. The van der Waals surface area contributed by atoms with Crippen molar-refractivity contribution in [2.75, 3.05) is 6.54 Å². The first-order chi connectivity index (χ1) is 11.4. The Hall–Kier alpha value is -1.93. The highest BCUT2D eigenvalue weighted by molar-refractivity contribution is 5.79. The number of nitriles is 1. The first-order valence-corrected chi connectivity index (χ1v) is 8.67. The summed E-state index contributed by atoms with van der Waals surface area (Å²) >= 11 is 0. The molecule has 0 saturated heterocycles. The zero-order valence-corrected chi connectivity index (χ0v) is 14.3. The maximum absolute atomic E-state index is 14.1. The van der Waals surface area contributed by atoms with Gasteiger partial charge in [0.2, 0.25) is 5.91 Å². The molecule has 2 aliphatic carbocycles. The van der Waals surface area contributed by atoms with Crippen LogP contribution in [0.3, 0.4) is 0 Å². The van der Waals surface area contributed by atoms with Crippen molar-refractivity contribution in [2.45, 2.75) is 57.2 Å². The molecule has 5 heteroatoms. The van der Waals surface area contributed by atoms with Crippen LogP contribution in [0.1, 0.15) is 51.1 Å². The summed E-state index contributed by atoms with van der Waals surface area (Å²) in [7, 11) is 0. The largest absolute Gasteiger partial charge is 0.337 e. The monoisotopic (exact) mass is 329 g/mol. The fourth-order valence-electron chi connectivity index (χ4n) is 3.36. The molecule has 1 aromatic carbocycles. The van der Waals surface area contributed by atoms with E-state index in [0.717, 1.165) is 25.7 Å². The Morgan fingerprint density at radius 2 is 2.08 bits per heavy atom. The summed E-state index contributed by atoms with van der Waals surface area (Å²) in [5.74, 6) is -0.137. The molecule has 1 N–H and O–H groups in total. The Morgan fingerprint density at radius 3 is 2.62 bits per heavy atom. The number of carbonyl (C=O) groups excluding carboxylic acids is 1. The minimum absolute atomic E-state index is 0.152. The number of rotatable bonds is 7. The molecule has 0 aromatic heterocycles. The molecule has 2 aliphatic rings. The first kappa shape index (κ1) is 16.9. The van der Waals surface area contributed by atoms with Crippen molar-refractivity contribution in [1.29, 1.82) is 5.26 Å². The van der Waals surface area contributed by atoms with E-state index in [4.69, 9.17) is 0 Å². The molecule has 2 unspecified atom stereocenters. The lowest BCUT2D eigenvalue weighted by molar-refractivity contribution is -0.124. The molecule has 24 heavy (non-hydrogen) atoms. The fourth-order valence-corrected chi connectivity index (χ4v) is 3.36. The highest BCUT2D eigenvalue weighted by atomic mass is 19.1. The number of carbonyl (C=O) groups is 1. The van der Waals surface area contributed by atoms with Crippen LogP contribution in [0.2, 0.25) is 0 Å². The van der Waals surface area contributed by atoms with E-state index < -0.39 is 5.54 Å². The van der Waals surface area contributed by atoms with Crippen molar-refractivity contribution in [3.8, 4) is 6.07 Å². The molecule has 0 radical (unpaired) electrons. The Morgan fingerprint density at radius 1 is 1.42 bits per heavy atom. The second kappa shape index (κ2) is 6.52. The Labute approximate surface area is 142 Å². The van der Waals surface area contributed by atoms with Crippen molar-refractivity contribution in [3.63, 3.8) is 0 Å². The minimum atomic E-state index is -0.784. The predicted octanol–water partition coefficient (Wildman–Crippen LogP) is 3.16. The molecule has 128 valence electrons. The molecule has 0 heterocycles. The standard InChI is InChI=1S/C19H24FN3O/c1-13(16-5-3-4-6-17(16)20)23(15-9-10-15)11-18(24)22-19(2,12-21)14-7-8-14/h3-6,13-15H,7-11H2,1-2H3,(H,22,24). The molecule has 2 atom stereocenters. The molecule has 2 saturated carbocycles. The fraction of sp³-hybridized carbons (Fsp3) is 0.579. The third-order valence-electron chi connectivity index (χ3n) is 5.22. The highest BCUT2D eigenvalue weighted by Crippen LogP contribution is 2.39. The van der Waals surface area contributed by atoms with Crippen molar-refractivity contribution >= 4 is 5.91 Å². The van der Waals surface area contributed by atoms with Crippen LogP contribution in [0, 0.1) is 23.1 Å². The molecule has 3 rings (SSSR count). The third kappa shape index (κ3) is 3.59. The molecule has 0 spiro atoms. The van der Waals surface area contributed by atoms with E-state index in [0.29, 0.717) is 11.6 Å². The van der Waals surface area contributed by atoms with Gasteiger partial charge in [-0.05, 0) is 51.5 Å². The van der Waals surface area contributed by atoms with Gasteiger partial charge in [0.05, 0.1) is 12.6 Å². The van der Waals surface area contributed by atoms with Gasteiger partial charge >= 0.3 is 0 Å². The topological polar surface area (TPSA) is 56.1 Å². The van der Waals surface area contributed by atoms with Crippen molar-refractivity contribution < 1.29 is 9.18 Å². The molecular weight excluding hydrogens is 305 g/mol. The van der Waals surface area contributed by atoms with Gasteiger partial charge in [0, 0.05) is 17.6 Å². The van der Waals surface area contributed by atoms with Crippen LogP contribution in [-0.2, 0) is 4.79 Å². The molecule has 0 aliphatic heterocycles. The van der Waals surface area contributed by atoms with Gasteiger partial charge in [-0.3, -0.25) is 9.69 Å². The van der Waals surface area contributed by atoms with E-state index >= 15 is 0 Å². The van der Waals surface area contributed by atoms with Crippen molar-refractivity contribution in [2.24, 2.45) is 5.92 Å². The van der Waals surface area contributed by atoms with Gasteiger partial charge in [0.15, 0.2) is 0 Å². The average Bonchev–Trinajstić information content (AvgIpc) is 3.44. The van der Waals surface area contributed by atoms with E-state index in [1.54, 1.807) is 19.1 Å². The van der Waals surface area contributed by atoms with E-state index in [1.165, 1.54) is 6.07 Å². The zero-order chi connectivity index (χ0) is 17.3. The summed E-state index contributed by atoms with van der Waals surface area (Å²) in [6, 6.07) is 9.12. The lowest BCUT2D eigenvalue weighted by atomic mass is 9.98. The highest BCUT2D eigenvalue weighted by Gasteiger charge is 2.44. The van der Waals surface area contributed by atoms with Gasteiger partial charge in [-0.1, -0.05) is 18.2 Å². The van der Waals surface area contributed by atoms with Crippen LogP contribution in [0.5, 0.6) is 0 Å². The number of benzene rings is 1. The SMILES string of the molecule is CC(c1ccccc1F)N(CC(=O)NC(C)(C#N)C1CC1)C1CC1. The maximum Gasteiger partial charge on any atom is 0.235 e. The predicted molar refractivity (Wildman–Crippen MR) is 89.4 cm³/mol. The Bertz CT molecular complexity index is 663. The number of hydrogen-bond acceptors (Lipinski definition) is 3. The van der Waals surface area contributed by atoms with E-state index in [-0.39, 0.29) is 30.2 Å². The summed E-state index contributed by atoms with van der Waals surface area (Å²) in [4.78, 5) is 14.6. The van der Waals surface area contributed by atoms with Gasteiger partial charge in [-0.15, -0.1) is 0 Å². The van der Waals surface area contributed by atoms with Crippen LogP contribution in [0.25, 0.3) is 0 Å². The number of amides is 1. The molecule has 4 nitrogen and oxygen atoms in total. The van der Waals surface area contributed by atoms with Gasteiger partial charge in [0.25, 0.3) is 0 Å². The van der Waals surface area contributed by atoms with Gasteiger partial charge < -0.3 is 5.32 Å². The number of hydrogen-bond donors (Lipinski definition) is 1. The van der Waals surface area contributed by atoms with Crippen LogP contribution in [0.4, 0.5) is 4.39 Å². The smallest absolute Gasteiger partial charge is 0.235 e. The number of nitrogens with zero attached hydrogens (tertiary/aromatic N) is 2. The summed E-state index contributed by atoms with van der Waals surface area (Å²) in [6.07, 6.45) is 4.04. The molecule has 2 fully saturated rings. The summed E-state index contributed by atoms with van der Waals surface area (Å²) in [6.45, 7) is 3.93. The normalized spacial score (nSPS) is 21.0. The van der Waals surface area contributed by atoms with Crippen LogP contribution >= 0.6 is 0 Å². The Kier molecular flexibility index (Phi) is 4.60. The second-order valence-corrected chi connectivity index (χ2v) is 7.24. The van der Waals surface area contributed by atoms with Crippen LogP contribution in [-0.4, -0.2) is 28.9 Å². The van der Waals surface area contributed by atoms with Gasteiger partial charge in [0.1, 0.15) is 11.4 Å². The van der Waals surface area contributed by atoms with Crippen molar-refractivity contribution in [1.82, 2.24) is 10.2 Å². The first-order valence-electron chi connectivity index (χ1n) is 8.67. The van der Waals surface area contributed by atoms with Crippen LogP contribution < -0.4 is 5.32 Å². The number of nitrogens with one attached hydrogen (secondary N) is 1. The Balaban J connectivity index is 1.69. The second-order valence-electron chi connectivity index (χ2n) is 7.24. The molecule has 1 aromatic rings. The minimum Gasteiger partial charge on any atom is -0.337 e. The lowest BCUT2D eigenvalue weighted by Gasteiger charge is -2.31. The van der Waals surface area contributed by atoms with E-state index in [9.17, 15) is 14.4 Å². The quantitative estimate of drug-likeness (QED) is 0.836. The van der Waals surface area contributed by atoms with Gasteiger partial charge in [-0.2, -0.15) is 5.26 Å². The molecular formula is C19H24FN3O. The molecule has 0 bridgehead atoms. The maximum atomic E-state index is 14.1. The average molecular weight is 329 g/mol.